The van der Waals surface area contributed by atoms with E-state index in [1.807, 2.05) is 13.0 Å². The Morgan fingerprint density at radius 3 is 2.03 bits per heavy atom. The molecule has 0 N–H and O–H groups in total. The molecular formula is C28H26F4O2. The molecule has 2 atom stereocenters. The van der Waals surface area contributed by atoms with Gasteiger partial charge < -0.3 is 9.47 Å². The van der Waals surface area contributed by atoms with Gasteiger partial charge in [0.05, 0.1) is 19.3 Å². The van der Waals surface area contributed by atoms with Crippen molar-refractivity contribution in [3.8, 4) is 28.0 Å². The molecule has 0 amide bonds. The van der Waals surface area contributed by atoms with Gasteiger partial charge >= 0.3 is 0 Å². The second-order valence-corrected chi connectivity index (χ2v) is 8.39. The lowest BCUT2D eigenvalue weighted by Gasteiger charge is -2.28. The van der Waals surface area contributed by atoms with Crippen LogP contribution in [0.15, 0.2) is 61.2 Å². The molecule has 34 heavy (non-hydrogen) atoms. The Morgan fingerprint density at radius 1 is 0.853 bits per heavy atom. The molecule has 3 aromatic rings. The lowest BCUT2D eigenvalue weighted by Crippen LogP contribution is -2.20. The van der Waals surface area contributed by atoms with Gasteiger partial charge in [-0.15, -0.1) is 6.58 Å². The molecule has 0 radical (unpaired) electrons. The Hall–Kier alpha value is -3.12. The largest absolute Gasteiger partial charge is 0.490 e. The Morgan fingerprint density at radius 2 is 1.47 bits per heavy atom. The van der Waals surface area contributed by atoms with E-state index in [2.05, 4.69) is 6.58 Å². The molecule has 1 saturated heterocycles. The third kappa shape index (κ3) is 4.73. The van der Waals surface area contributed by atoms with Crippen LogP contribution in [0.2, 0.25) is 0 Å². The van der Waals surface area contributed by atoms with E-state index in [0.29, 0.717) is 30.6 Å². The average molecular weight is 471 g/mol. The van der Waals surface area contributed by atoms with Crippen molar-refractivity contribution in [1.82, 2.24) is 0 Å². The highest BCUT2D eigenvalue weighted by molar-refractivity contribution is 5.71. The van der Waals surface area contributed by atoms with Gasteiger partial charge in [-0.3, -0.25) is 0 Å². The number of hydrogen-bond donors (Lipinski definition) is 0. The monoisotopic (exact) mass is 470 g/mol. The summed E-state index contributed by atoms with van der Waals surface area (Å²) < 4.78 is 69.7. The second kappa shape index (κ2) is 10.4. The molecule has 1 aliphatic rings. The van der Waals surface area contributed by atoms with E-state index in [1.54, 1.807) is 30.3 Å². The fourth-order valence-corrected chi connectivity index (χ4v) is 4.15. The maximum absolute atomic E-state index is 15.0. The van der Waals surface area contributed by atoms with E-state index in [1.165, 1.54) is 18.2 Å². The molecule has 0 spiro atoms. The van der Waals surface area contributed by atoms with Crippen molar-refractivity contribution in [2.75, 3.05) is 13.2 Å². The minimum absolute atomic E-state index is 0.0576. The average Bonchev–Trinajstić information content (AvgIpc) is 2.87. The molecule has 4 rings (SSSR count). The first-order chi connectivity index (χ1) is 16.4. The number of rotatable bonds is 7. The highest BCUT2D eigenvalue weighted by Crippen LogP contribution is 2.36. The zero-order chi connectivity index (χ0) is 24.2. The molecule has 6 heteroatoms. The minimum Gasteiger partial charge on any atom is -0.490 e. The van der Waals surface area contributed by atoms with Gasteiger partial charge in [-0.2, -0.15) is 4.39 Å². The fraction of sp³-hybridized carbons (Fsp3) is 0.286. The molecule has 1 fully saturated rings. The number of ether oxygens (including phenoxy) is 2. The van der Waals surface area contributed by atoms with Crippen LogP contribution >= 0.6 is 0 Å². The van der Waals surface area contributed by atoms with Gasteiger partial charge in [-0.05, 0) is 42.5 Å². The van der Waals surface area contributed by atoms with E-state index >= 15 is 0 Å². The smallest absolute Gasteiger partial charge is 0.201 e. The predicted molar refractivity (Wildman–Crippen MR) is 125 cm³/mol. The summed E-state index contributed by atoms with van der Waals surface area (Å²) in [5, 5.41) is 0. The molecule has 0 aromatic heterocycles. The van der Waals surface area contributed by atoms with Crippen LogP contribution in [0, 0.1) is 29.2 Å². The fourth-order valence-electron chi connectivity index (χ4n) is 4.15. The van der Waals surface area contributed by atoms with Crippen LogP contribution in [0.25, 0.3) is 22.3 Å². The van der Waals surface area contributed by atoms with E-state index in [-0.39, 0.29) is 35.0 Å². The normalized spacial score (nSPS) is 18.0. The lowest BCUT2D eigenvalue weighted by atomic mass is 9.92. The summed E-state index contributed by atoms with van der Waals surface area (Å²) in [4.78, 5) is 0. The van der Waals surface area contributed by atoms with Crippen LogP contribution in [0.4, 0.5) is 17.6 Å². The van der Waals surface area contributed by atoms with Crippen LogP contribution in [0.5, 0.6) is 5.75 Å². The summed E-state index contributed by atoms with van der Waals surface area (Å²) >= 11 is 0. The van der Waals surface area contributed by atoms with Crippen molar-refractivity contribution >= 4 is 0 Å². The number of benzene rings is 3. The molecule has 3 aromatic carbocycles. The Labute approximate surface area is 196 Å². The van der Waals surface area contributed by atoms with Crippen LogP contribution in [0.3, 0.4) is 0 Å². The Kier molecular flexibility index (Phi) is 7.37. The van der Waals surface area contributed by atoms with Gasteiger partial charge in [0.2, 0.25) is 5.82 Å². The molecule has 2 nitrogen and oxygen atoms in total. The maximum atomic E-state index is 15.0. The molecule has 0 aliphatic carbocycles. The Balaban J connectivity index is 1.57. The van der Waals surface area contributed by atoms with Gasteiger partial charge in [-0.1, -0.05) is 49.4 Å². The minimum atomic E-state index is -1.05. The molecule has 0 bridgehead atoms. The van der Waals surface area contributed by atoms with Crippen LogP contribution in [-0.2, 0) is 4.74 Å². The van der Waals surface area contributed by atoms with E-state index in [9.17, 15) is 17.6 Å². The van der Waals surface area contributed by atoms with Crippen LogP contribution in [-0.4, -0.2) is 13.2 Å². The first-order valence-electron chi connectivity index (χ1n) is 11.4. The first kappa shape index (κ1) is 24.0. The van der Waals surface area contributed by atoms with Crippen molar-refractivity contribution in [1.29, 1.82) is 0 Å². The predicted octanol–water partition coefficient (Wildman–Crippen LogP) is 8.02. The molecule has 2 unspecified atom stereocenters. The maximum Gasteiger partial charge on any atom is 0.201 e. The Bertz CT molecular complexity index is 1170. The summed E-state index contributed by atoms with van der Waals surface area (Å²) in [6, 6.07) is 12.1. The zero-order valence-electron chi connectivity index (χ0n) is 18.9. The van der Waals surface area contributed by atoms with Crippen molar-refractivity contribution in [3.63, 3.8) is 0 Å². The van der Waals surface area contributed by atoms with Crippen LogP contribution < -0.4 is 4.74 Å². The molecular weight excluding hydrogens is 444 g/mol. The molecule has 1 heterocycles. The van der Waals surface area contributed by atoms with Crippen molar-refractivity contribution in [3.05, 3.63) is 90.0 Å². The topological polar surface area (TPSA) is 18.5 Å². The first-order valence-corrected chi connectivity index (χ1v) is 11.4. The summed E-state index contributed by atoms with van der Waals surface area (Å²) in [6.45, 7) is 6.34. The quantitative estimate of drug-likeness (QED) is 0.257. The zero-order valence-corrected chi connectivity index (χ0v) is 18.9. The van der Waals surface area contributed by atoms with E-state index < -0.39 is 29.4 Å². The molecule has 0 saturated carbocycles. The second-order valence-electron chi connectivity index (χ2n) is 8.39. The van der Waals surface area contributed by atoms with Crippen molar-refractivity contribution < 1.29 is 27.0 Å². The van der Waals surface area contributed by atoms with Crippen molar-refractivity contribution in [2.24, 2.45) is 5.92 Å². The van der Waals surface area contributed by atoms with Gasteiger partial charge in [0.15, 0.2) is 23.2 Å². The summed E-state index contributed by atoms with van der Waals surface area (Å²) in [5.41, 5.74) is 1.17. The van der Waals surface area contributed by atoms with Gasteiger partial charge in [0, 0.05) is 22.6 Å². The molecule has 1 aliphatic heterocycles. The third-order valence-corrected chi connectivity index (χ3v) is 6.12. The van der Waals surface area contributed by atoms with Gasteiger partial charge in [-0.25, -0.2) is 13.2 Å². The number of halogens is 4. The standard InChI is InChI=1S/C28H26F4O2/c1-3-15-33-24-14-12-21(26(30)28(24)32)19-8-6-18(7-9-19)20-10-11-22(27(31)25(20)29)23-13-5-17(4-2)16-34-23/h4,6-12,14,17,23H,2-3,5,13,15-16H2,1H3. The molecule has 178 valence electrons. The third-order valence-electron chi connectivity index (χ3n) is 6.12. The lowest BCUT2D eigenvalue weighted by molar-refractivity contribution is -0.00732. The van der Waals surface area contributed by atoms with Gasteiger partial charge in [0.25, 0.3) is 0 Å². The van der Waals surface area contributed by atoms with Gasteiger partial charge in [0.1, 0.15) is 0 Å². The summed E-state index contributed by atoms with van der Waals surface area (Å²) in [7, 11) is 0. The number of hydrogen-bond acceptors (Lipinski definition) is 2. The SMILES string of the molecule is C=CC1CCC(c2ccc(-c3ccc(-c4ccc(OCCC)c(F)c4F)cc3)c(F)c2F)OC1. The van der Waals surface area contributed by atoms with E-state index in [0.717, 1.165) is 6.42 Å². The highest BCUT2D eigenvalue weighted by Gasteiger charge is 2.26. The van der Waals surface area contributed by atoms with Crippen molar-refractivity contribution in [2.45, 2.75) is 32.3 Å². The van der Waals surface area contributed by atoms with E-state index in [4.69, 9.17) is 9.47 Å². The van der Waals surface area contributed by atoms with Crippen LogP contribution in [0.1, 0.15) is 37.9 Å². The summed E-state index contributed by atoms with van der Waals surface area (Å²) in [6.07, 6.45) is 3.39. The summed E-state index contributed by atoms with van der Waals surface area (Å²) in [5.74, 6) is -3.88. The highest BCUT2D eigenvalue weighted by atomic mass is 19.2.